The van der Waals surface area contributed by atoms with Crippen molar-refractivity contribution < 1.29 is 4.79 Å². The van der Waals surface area contributed by atoms with Crippen LogP contribution in [0.3, 0.4) is 0 Å². The first-order valence-electron chi connectivity index (χ1n) is 7.97. The fraction of sp³-hybridized carbons (Fsp3) is 0.167. The van der Waals surface area contributed by atoms with Crippen molar-refractivity contribution in [2.45, 2.75) is 13.1 Å². The molecule has 0 bridgehead atoms. The summed E-state index contributed by atoms with van der Waals surface area (Å²) in [5.74, 6) is 1.41. The number of fused-ring (bicyclic) bond motifs is 1. The Bertz CT molecular complexity index is 934. The predicted octanol–water partition coefficient (Wildman–Crippen LogP) is 2.03. The molecule has 4 rings (SSSR count). The van der Waals surface area contributed by atoms with Gasteiger partial charge in [-0.1, -0.05) is 30.9 Å². The molecule has 1 aliphatic rings. The molecule has 7 heteroatoms. The van der Waals surface area contributed by atoms with Gasteiger partial charge in [0.25, 0.3) is 5.91 Å². The number of carbonyl (C=O) groups excluding carboxylic acids is 1. The number of hydrogen-bond donors (Lipinski definition) is 0. The van der Waals surface area contributed by atoms with E-state index in [1.165, 1.54) is 0 Å². The molecule has 0 N–H and O–H groups in total. The predicted molar refractivity (Wildman–Crippen MR) is 92.3 cm³/mol. The molecular weight excluding hydrogens is 316 g/mol. The summed E-state index contributed by atoms with van der Waals surface area (Å²) < 4.78 is 1.99. The third-order valence-electron chi connectivity index (χ3n) is 4.24. The summed E-state index contributed by atoms with van der Waals surface area (Å²) in [7, 11) is 0. The van der Waals surface area contributed by atoms with Gasteiger partial charge < -0.3 is 9.47 Å². The molecule has 1 aliphatic heterocycles. The summed E-state index contributed by atoms with van der Waals surface area (Å²) in [4.78, 5) is 23.0. The lowest BCUT2D eigenvalue weighted by Crippen LogP contribution is -2.38. The van der Waals surface area contributed by atoms with Gasteiger partial charge in [-0.2, -0.15) is 0 Å². The van der Waals surface area contributed by atoms with Crippen molar-refractivity contribution in [2.24, 2.45) is 0 Å². The summed E-state index contributed by atoms with van der Waals surface area (Å²) in [6.45, 7) is 5.40. The van der Waals surface area contributed by atoms with Crippen molar-refractivity contribution >= 4 is 12.0 Å². The van der Waals surface area contributed by atoms with Gasteiger partial charge in [-0.15, -0.1) is 10.2 Å². The second-order valence-corrected chi connectivity index (χ2v) is 5.70. The summed E-state index contributed by atoms with van der Waals surface area (Å²) in [5, 5.41) is 8.46. The van der Waals surface area contributed by atoms with Gasteiger partial charge in [0, 0.05) is 31.0 Å². The lowest BCUT2D eigenvalue weighted by molar-refractivity contribution is 0.0707. The first kappa shape index (κ1) is 15.2. The molecule has 0 spiro atoms. The molecule has 7 nitrogen and oxygen atoms in total. The van der Waals surface area contributed by atoms with E-state index in [1.54, 1.807) is 29.6 Å². The first-order chi connectivity index (χ1) is 12.3. The van der Waals surface area contributed by atoms with Crippen LogP contribution in [0.2, 0.25) is 0 Å². The van der Waals surface area contributed by atoms with E-state index in [1.807, 2.05) is 28.8 Å². The van der Waals surface area contributed by atoms with Crippen LogP contribution in [-0.2, 0) is 13.1 Å². The van der Waals surface area contributed by atoms with Crippen LogP contribution in [0, 0.1) is 0 Å². The summed E-state index contributed by atoms with van der Waals surface area (Å²) >= 11 is 0. The number of aromatic nitrogens is 5. The molecule has 0 saturated heterocycles. The largest absolute Gasteiger partial charge is 0.329 e. The van der Waals surface area contributed by atoms with Crippen LogP contribution in [-0.4, -0.2) is 42.1 Å². The Kier molecular flexibility index (Phi) is 3.81. The summed E-state index contributed by atoms with van der Waals surface area (Å²) in [6, 6.07) is 7.47. The number of benzene rings is 1. The maximum absolute atomic E-state index is 12.9. The maximum Gasteiger partial charge on any atom is 0.254 e. The van der Waals surface area contributed by atoms with Gasteiger partial charge in [0.2, 0.25) is 0 Å². The highest BCUT2D eigenvalue weighted by Crippen LogP contribution is 2.21. The fourth-order valence-electron chi connectivity index (χ4n) is 2.98. The minimum absolute atomic E-state index is 0.0224. The molecule has 0 saturated carbocycles. The van der Waals surface area contributed by atoms with E-state index in [0.29, 0.717) is 36.7 Å². The standard InChI is InChI=1S/C18H16N6O/c1-2-13-5-3-4-6-14(13)18(25)23-9-10-24-16(12-23)21-22-17(24)15-11-19-7-8-20-15/h2-8,11H,1,9-10,12H2. The Morgan fingerprint density at radius 2 is 2.04 bits per heavy atom. The molecule has 124 valence electrons. The Hall–Kier alpha value is -3.35. The first-order valence-corrected chi connectivity index (χ1v) is 7.97. The molecule has 0 atom stereocenters. The van der Waals surface area contributed by atoms with E-state index >= 15 is 0 Å². The third-order valence-corrected chi connectivity index (χ3v) is 4.24. The quantitative estimate of drug-likeness (QED) is 0.733. The maximum atomic E-state index is 12.9. The van der Waals surface area contributed by atoms with E-state index in [2.05, 4.69) is 26.7 Å². The molecule has 0 radical (unpaired) electrons. The Labute approximate surface area is 144 Å². The Morgan fingerprint density at radius 3 is 2.84 bits per heavy atom. The number of amides is 1. The van der Waals surface area contributed by atoms with Crippen LogP contribution in [0.5, 0.6) is 0 Å². The van der Waals surface area contributed by atoms with Gasteiger partial charge in [0.1, 0.15) is 5.69 Å². The SMILES string of the molecule is C=Cc1ccccc1C(=O)N1CCn2c(nnc2-c2cnccn2)C1. The van der Waals surface area contributed by atoms with Gasteiger partial charge in [-0.05, 0) is 11.6 Å². The van der Waals surface area contributed by atoms with Crippen LogP contribution in [0.4, 0.5) is 0 Å². The van der Waals surface area contributed by atoms with Gasteiger partial charge in [0.15, 0.2) is 11.6 Å². The highest BCUT2D eigenvalue weighted by Gasteiger charge is 2.26. The number of hydrogen-bond acceptors (Lipinski definition) is 5. The van der Waals surface area contributed by atoms with E-state index in [9.17, 15) is 4.79 Å². The smallest absolute Gasteiger partial charge is 0.254 e. The second kappa shape index (κ2) is 6.27. The Morgan fingerprint density at radius 1 is 1.16 bits per heavy atom. The average molecular weight is 332 g/mol. The van der Waals surface area contributed by atoms with Crippen molar-refractivity contribution in [1.29, 1.82) is 0 Å². The Balaban J connectivity index is 1.61. The number of nitrogens with zero attached hydrogens (tertiary/aromatic N) is 6. The van der Waals surface area contributed by atoms with E-state index in [0.717, 1.165) is 11.4 Å². The molecule has 1 aromatic carbocycles. The normalized spacial score (nSPS) is 13.4. The van der Waals surface area contributed by atoms with E-state index < -0.39 is 0 Å². The van der Waals surface area contributed by atoms with Crippen molar-refractivity contribution in [3.63, 3.8) is 0 Å². The molecule has 1 amide bonds. The summed E-state index contributed by atoms with van der Waals surface area (Å²) in [5.41, 5.74) is 2.16. The molecule has 0 fully saturated rings. The molecular formula is C18H16N6O. The van der Waals surface area contributed by atoms with Gasteiger partial charge in [-0.25, -0.2) is 4.98 Å². The third kappa shape index (κ3) is 2.69. The zero-order valence-corrected chi connectivity index (χ0v) is 13.5. The minimum atomic E-state index is -0.0224. The van der Waals surface area contributed by atoms with Crippen molar-refractivity contribution in [2.75, 3.05) is 6.54 Å². The van der Waals surface area contributed by atoms with E-state index in [-0.39, 0.29) is 5.91 Å². The second-order valence-electron chi connectivity index (χ2n) is 5.70. The highest BCUT2D eigenvalue weighted by atomic mass is 16.2. The lowest BCUT2D eigenvalue weighted by atomic mass is 10.1. The lowest BCUT2D eigenvalue weighted by Gasteiger charge is -2.28. The molecule has 0 aliphatic carbocycles. The zero-order valence-electron chi connectivity index (χ0n) is 13.5. The van der Waals surface area contributed by atoms with Crippen LogP contribution < -0.4 is 0 Å². The zero-order chi connectivity index (χ0) is 17.2. The number of rotatable bonds is 3. The van der Waals surface area contributed by atoms with Crippen LogP contribution >= 0.6 is 0 Å². The average Bonchev–Trinajstić information content (AvgIpc) is 3.11. The van der Waals surface area contributed by atoms with Crippen LogP contribution in [0.1, 0.15) is 21.7 Å². The van der Waals surface area contributed by atoms with Crippen molar-refractivity contribution in [3.05, 3.63) is 66.4 Å². The monoisotopic (exact) mass is 332 g/mol. The topological polar surface area (TPSA) is 76.8 Å². The molecule has 0 unspecified atom stereocenters. The molecule has 25 heavy (non-hydrogen) atoms. The number of carbonyl (C=O) groups is 1. The highest BCUT2D eigenvalue weighted by molar-refractivity contribution is 5.97. The minimum Gasteiger partial charge on any atom is -0.329 e. The van der Waals surface area contributed by atoms with Gasteiger partial charge >= 0.3 is 0 Å². The molecule has 3 aromatic rings. The summed E-state index contributed by atoms with van der Waals surface area (Å²) in [6.07, 6.45) is 6.61. The molecule has 3 heterocycles. The van der Waals surface area contributed by atoms with Crippen molar-refractivity contribution in [1.82, 2.24) is 29.6 Å². The van der Waals surface area contributed by atoms with E-state index in [4.69, 9.17) is 0 Å². The van der Waals surface area contributed by atoms with Crippen LogP contribution in [0.25, 0.3) is 17.6 Å². The molecule has 2 aromatic heterocycles. The van der Waals surface area contributed by atoms with Gasteiger partial charge in [-0.3, -0.25) is 9.78 Å². The van der Waals surface area contributed by atoms with Crippen molar-refractivity contribution in [3.8, 4) is 11.5 Å². The van der Waals surface area contributed by atoms with Gasteiger partial charge in [0.05, 0.1) is 12.7 Å². The fourth-order valence-corrected chi connectivity index (χ4v) is 2.98. The van der Waals surface area contributed by atoms with Crippen LogP contribution in [0.15, 0.2) is 49.4 Å².